The van der Waals surface area contributed by atoms with E-state index in [1.54, 1.807) is 6.92 Å². The minimum absolute atomic E-state index is 0.143. The fourth-order valence-corrected chi connectivity index (χ4v) is 2.58. The zero-order valence-corrected chi connectivity index (χ0v) is 9.31. The minimum Gasteiger partial charge on any atom is -0.390 e. The Kier molecular flexibility index (Phi) is 1.98. The first-order chi connectivity index (χ1) is 7.65. The Balaban J connectivity index is 2.30. The van der Waals surface area contributed by atoms with Gasteiger partial charge in [-0.15, -0.1) is 0 Å². The molecule has 3 atom stereocenters. The molecule has 0 amide bonds. The van der Waals surface area contributed by atoms with Crippen molar-refractivity contribution in [1.82, 2.24) is 0 Å². The molecular formula is C13H14O3. The lowest BCUT2D eigenvalue weighted by Crippen LogP contribution is -2.46. The van der Waals surface area contributed by atoms with E-state index in [0.29, 0.717) is 0 Å². The fourth-order valence-electron chi connectivity index (χ4n) is 2.58. The Hall–Kier alpha value is -1.16. The summed E-state index contributed by atoms with van der Waals surface area (Å²) >= 11 is 0. The van der Waals surface area contributed by atoms with Crippen LogP contribution < -0.4 is 0 Å². The molecule has 1 aromatic rings. The molecule has 16 heavy (non-hydrogen) atoms. The van der Waals surface area contributed by atoms with E-state index < -0.39 is 11.7 Å². The van der Waals surface area contributed by atoms with Crippen molar-refractivity contribution in [2.75, 3.05) is 0 Å². The van der Waals surface area contributed by atoms with Gasteiger partial charge in [0.1, 0.15) is 6.10 Å². The standard InChI is InChI=1S/C13H14O3/c1-8-4-3-5-10-11-6-7-13(9(2)14,12(8)10)16-15-11/h3-7,9,11,14H,1-2H3/t9-,11-,13-/m0/s1. The van der Waals surface area contributed by atoms with Crippen molar-refractivity contribution in [3.05, 3.63) is 47.0 Å². The maximum Gasteiger partial charge on any atom is 0.173 e. The van der Waals surface area contributed by atoms with Gasteiger partial charge in [0.15, 0.2) is 5.60 Å². The Morgan fingerprint density at radius 2 is 2.25 bits per heavy atom. The molecule has 2 heterocycles. The van der Waals surface area contributed by atoms with Crippen LogP contribution in [0.2, 0.25) is 0 Å². The largest absolute Gasteiger partial charge is 0.390 e. The van der Waals surface area contributed by atoms with Gasteiger partial charge in [0.2, 0.25) is 0 Å². The molecule has 0 saturated carbocycles. The van der Waals surface area contributed by atoms with Gasteiger partial charge in [0.25, 0.3) is 0 Å². The first kappa shape index (κ1) is 10.0. The van der Waals surface area contributed by atoms with Gasteiger partial charge in [-0.2, -0.15) is 0 Å². The number of benzene rings is 1. The first-order valence-corrected chi connectivity index (χ1v) is 5.47. The zero-order valence-electron chi connectivity index (χ0n) is 9.31. The van der Waals surface area contributed by atoms with E-state index in [2.05, 4.69) is 0 Å². The maximum absolute atomic E-state index is 9.97. The van der Waals surface area contributed by atoms with Crippen LogP contribution in [0.4, 0.5) is 0 Å². The Labute approximate surface area is 94.2 Å². The lowest BCUT2D eigenvalue weighted by atomic mass is 9.77. The summed E-state index contributed by atoms with van der Waals surface area (Å²) < 4.78 is 0. The molecule has 2 bridgehead atoms. The highest BCUT2D eigenvalue weighted by molar-refractivity contribution is 5.49. The number of rotatable bonds is 1. The molecule has 2 aliphatic heterocycles. The molecule has 0 fully saturated rings. The predicted molar refractivity (Wildman–Crippen MR) is 58.6 cm³/mol. The Morgan fingerprint density at radius 1 is 1.44 bits per heavy atom. The maximum atomic E-state index is 9.97. The van der Waals surface area contributed by atoms with Crippen molar-refractivity contribution in [3.63, 3.8) is 0 Å². The molecule has 3 aliphatic rings. The predicted octanol–water partition coefficient (Wildman–Crippen LogP) is 2.14. The van der Waals surface area contributed by atoms with Crippen LogP contribution in [0.3, 0.4) is 0 Å². The molecule has 84 valence electrons. The Morgan fingerprint density at radius 3 is 2.88 bits per heavy atom. The monoisotopic (exact) mass is 218 g/mol. The SMILES string of the molecule is Cc1cccc2c1[C@@]1([C@H](C)O)C=C[C@@H]2OO1. The number of hydrogen-bond donors (Lipinski definition) is 1. The van der Waals surface area contributed by atoms with Gasteiger partial charge in [-0.1, -0.05) is 18.2 Å². The summed E-state index contributed by atoms with van der Waals surface area (Å²) in [6.45, 7) is 3.75. The highest BCUT2D eigenvalue weighted by atomic mass is 17.2. The van der Waals surface area contributed by atoms with E-state index in [4.69, 9.17) is 9.78 Å². The molecule has 3 heteroatoms. The highest BCUT2D eigenvalue weighted by Gasteiger charge is 2.48. The van der Waals surface area contributed by atoms with Crippen molar-refractivity contribution in [2.45, 2.75) is 31.7 Å². The van der Waals surface area contributed by atoms with E-state index in [1.165, 1.54) is 0 Å². The van der Waals surface area contributed by atoms with Crippen LogP contribution in [0.1, 0.15) is 29.7 Å². The van der Waals surface area contributed by atoms with Gasteiger partial charge in [-0.05, 0) is 37.1 Å². The van der Waals surface area contributed by atoms with Crippen LogP contribution in [0.15, 0.2) is 30.4 Å². The molecule has 1 N–H and O–H groups in total. The van der Waals surface area contributed by atoms with Crippen LogP contribution >= 0.6 is 0 Å². The van der Waals surface area contributed by atoms with E-state index in [9.17, 15) is 5.11 Å². The van der Waals surface area contributed by atoms with Crippen LogP contribution in [0.25, 0.3) is 0 Å². The number of aliphatic hydroxyl groups is 1. The number of aliphatic hydroxyl groups excluding tert-OH is 1. The summed E-state index contributed by atoms with van der Waals surface area (Å²) in [4.78, 5) is 10.7. The molecule has 0 radical (unpaired) electrons. The smallest absolute Gasteiger partial charge is 0.173 e. The van der Waals surface area contributed by atoms with Gasteiger partial charge in [-0.25, -0.2) is 9.78 Å². The van der Waals surface area contributed by atoms with Crippen LogP contribution in [-0.4, -0.2) is 11.2 Å². The van der Waals surface area contributed by atoms with Crippen LogP contribution in [0, 0.1) is 6.92 Å². The quantitative estimate of drug-likeness (QED) is 0.579. The summed E-state index contributed by atoms with van der Waals surface area (Å²) in [5.41, 5.74) is 2.42. The van der Waals surface area contributed by atoms with Gasteiger partial charge in [0.05, 0.1) is 6.10 Å². The molecule has 4 rings (SSSR count). The third-order valence-electron chi connectivity index (χ3n) is 3.43. The van der Waals surface area contributed by atoms with Gasteiger partial charge in [0, 0.05) is 5.56 Å². The lowest BCUT2D eigenvalue weighted by Gasteiger charge is -2.44. The summed E-state index contributed by atoms with van der Waals surface area (Å²) in [5.74, 6) is 0. The minimum atomic E-state index is -0.838. The highest BCUT2D eigenvalue weighted by Crippen LogP contribution is 2.48. The van der Waals surface area contributed by atoms with Gasteiger partial charge < -0.3 is 5.11 Å². The topological polar surface area (TPSA) is 38.7 Å². The number of aryl methyl sites for hydroxylation is 1. The van der Waals surface area contributed by atoms with E-state index in [-0.39, 0.29) is 6.10 Å². The molecule has 0 saturated heterocycles. The molecule has 0 aromatic heterocycles. The van der Waals surface area contributed by atoms with Gasteiger partial charge >= 0.3 is 0 Å². The first-order valence-electron chi connectivity index (χ1n) is 5.47. The summed E-state index contributed by atoms with van der Waals surface area (Å²) in [6, 6.07) is 6.05. The van der Waals surface area contributed by atoms with E-state index in [0.717, 1.165) is 16.7 Å². The average molecular weight is 218 g/mol. The summed E-state index contributed by atoms with van der Waals surface area (Å²) in [6.07, 6.45) is 3.06. The molecule has 1 aromatic carbocycles. The average Bonchev–Trinajstić information content (AvgIpc) is 2.30. The lowest BCUT2D eigenvalue weighted by molar-refractivity contribution is -0.404. The normalized spacial score (nSPS) is 32.6. The van der Waals surface area contributed by atoms with Crippen molar-refractivity contribution < 1.29 is 14.9 Å². The zero-order chi connectivity index (χ0) is 11.3. The molecular weight excluding hydrogens is 204 g/mol. The Bertz CT molecular complexity index is 464. The second-order valence-corrected chi connectivity index (χ2v) is 4.47. The van der Waals surface area contributed by atoms with Gasteiger partial charge in [-0.3, -0.25) is 0 Å². The second-order valence-electron chi connectivity index (χ2n) is 4.47. The van der Waals surface area contributed by atoms with Crippen molar-refractivity contribution in [2.24, 2.45) is 0 Å². The fraction of sp³-hybridized carbons (Fsp3) is 0.385. The third kappa shape index (κ3) is 1.08. The van der Waals surface area contributed by atoms with Crippen molar-refractivity contribution in [3.8, 4) is 0 Å². The number of fused-ring (bicyclic) bond motifs is 1. The van der Waals surface area contributed by atoms with E-state index >= 15 is 0 Å². The molecule has 1 aliphatic carbocycles. The number of hydrogen-bond acceptors (Lipinski definition) is 3. The second kappa shape index (κ2) is 3.17. The van der Waals surface area contributed by atoms with E-state index in [1.807, 2.05) is 37.3 Å². The molecule has 0 unspecified atom stereocenters. The van der Waals surface area contributed by atoms with Crippen molar-refractivity contribution >= 4 is 0 Å². The third-order valence-corrected chi connectivity index (χ3v) is 3.43. The summed E-state index contributed by atoms with van der Waals surface area (Å²) in [7, 11) is 0. The van der Waals surface area contributed by atoms with Crippen LogP contribution in [-0.2, 0) is 15.4 Å². The van der Waals surface area contributed by atoms with Crippen molar-refractivity contribution in [1.29, 1.82) is 0 Å². The van der Waals surface area contributed by atoms with Crippen LogP contribution in [0.5, 0.6) is 0 Å². The molecule has 3 nitrogen and oxygen atoms in total. The molecule has 0 spiro atoms. The summed E-state index contributed by atoms with van der Waals surface area (Å²) in [5, 5.41) is 9.97.